The summed E-state index contributed by atoms with van der Waals surface area (Å²) in [5, 5.41) is 2.79. The van der Waals surface area contributed by atoms with Gasteiger partial charge in [0.15, 0.2) is 0 Å². The average Bonchev–Trinajstić information content (AvgIpc) is 2.50. The van der Waals surface area contributed by atoms with Gasteiger partial charge < -0.3 is 16.0 Å². The Kier molecular flexibility index (Phi) is 9.63. The number of nitrogens with zero attached hydrogens (tertiary/aromatic N) is 1. The molecule has 0 aromatic heterocycles. The van der Waals surface area contributed by atoms with Crippen LogP contribution < -0.4 is 11.1 Å². The zero-order valence-corrected chi connectivity index (χ0v) is 15.9. The van der Waals surface area contributed by atoms with E-state index in [0.29, 0.717) is 19.6 Å². The van der Waals surface area contributed by atoms with Crippen molar-refractivity contribution in [2.75, 3.05) is 19.6 Å². The topological polar surface area (TPSA) is 75.4 Å². The van der Waals surface area contributed by atoms with Gasteiger partial charge in [0.1, 0.15) is 6.04 Å². The van der Waals surface area contributed by atoms with Crippen LogP contribution >= 0.6 is 12.4 Å². The molecule has 1 aromatic rings. The molecule has 0 aliphatic heterocycles. The lowest BCUT2D eigenvalue weighted by Gasteiger charge is -2.27. The monoisotopic (exact) mass is 355 g/mol. The fourth-order valence-electron chi connectivity index (χ4n) is 2.15. The summed E-state index contributed by atoms with van der Waals surface area (Å²) in [7, 11) is 0. The molecule has 0 saturated heterocycles. The largest absolute Gasteiger partial charge is 0.344 e. The van der Waals surface area contributed by atoms with Gasteiger partial charge in [-0.25, -0.2) is 0 Å². The molecule has 3 N–H and O–H groups in total. The van der Waals surface area contributed by atoms with E-state index >= 15 is 0 Å². The van der Waals surface area contributed by atoms with E-state index in [1.54, 1.807) is 11.8 Å². The Morgan fingerprint density at radius 2 is 1.75 bits per heavy atom. The minimum absolute atomic E-state index is 0. The average molecular weight is 356 g/mol. The maximum atomic E-state index is 12.6. The predicted molar refractivity (Wildman–Crippen MR) is 100 cm³/mol. The fourth-order valence-corrected chi connectivity index (χ4v) is 2.15. The second kappa shape index (κ2) is 10.3. The van der Waals surface area contributed by atoms with E-state index in [9.17, 15) is 9.59 Å². The van der Waals surface area contributed by atoms with Crippen LogP contribution in [-0.2, 0) is 16.0 Å². The molecule has 24 heavy (non-hydrogen) atoms. The molecule has 6 heteroatoms. The predicted octanol–water partition coefficient (Wildman–Crippen LogP) is 1.99. The van der Waals surface area contributed by atoms with E-state index in [1.165, 1.54) is 5.56 Å². The molecule has 0 heterocycles. The van der Waals surface area contributed by atoms with Gasteiger partial charge in [0, 0.05) is 25.0 Å². The summed E-state index contributed by atoms with van der Waals surface area (Å²) in [4.78, 5) is 26.3. The van der Waals surface area contributed by atoms with Crippen molar-refractivity contribution < 1.29 is 9.59 Å². The van der Waals surface area contributed by atoms with Crippen LogP contribution in [0.5, 0.6) is 0 Å². The number of halogens is 1. The maximum absolute atomic E-state index is 12.6. The third-order valence-electron chi connectivity index (χ3n) is 3.62. The van der Waals surface area contributed by atoms with E-state index < -0.39 is 11.5 Å². The van der Waals surface area contributed by atoms with Crippen molar-refractivity contribution >= 4 is 24.2 Å². The molecule has 0 aliphatic rings. The molecule has 1 aromatic carbocycles. The molecular weight excluding hydrogens is 326 g/mol. The zero-order valence-electron chi connectivity index (χ0n) is 15.0. The normalized spacial score (nSPS) is 12.0. The van der Waals surface area contributed by atoms with Crippen LogP contribution in [0.2, 0.25) is 0 Å². The summed E-state index contributed by atoms with van der Waals surface area (Å²) in [6.07, 6.45) is 0.770. The van der Waals surface area contributed by atoms with Crippen molar-refractivity contribution in [3.05, 3.63) is 35.9 Å². The van der Waals surface area contributed by atoms with Gasteiger partial charge in [-0.1, -0.05) is 51.1 Å². The first-order valence-electron chi connectivity index (χ1n) is 8.09. The van der Waals surface area contributed by atoms with Crippen LogP contribution in [-0.4, -0.2) is 42.4 Å². The molecule has 2 amide bonds. The smallest absolute Gasteiger partial charge is 0.244 e. The molecular formula is C18H30ClN3O2. The van der Waals surface area contributed by atoms with Gasteiger partial charge in [0.2, 0.25) is 11.8 Å². The zero-order chi connectivity index (χ0) is 17.5. The minimum atomic E-state index is -0.552. The quantitative estimate of drug-likeness (QED) is 0.785. The molecule has 1 rings (SSSR count). The van der Waals surface area contributed by atoms with Crippen molar-refractivity contribution in [2.45, 2.75) is 40.2 Å². The summed E-state index contributed by atoms with van der Waals surface area (Å²) in [6.45, 7) is 8.68. The van der Waals surface area contributed by atoms with Crippen LogP contribution in [0.1, 0.15) is 33.3 Å². The second-order valence-electron chi connectivity index (χ2n) is 6.79. The maximum Gasteiger partial charge on any atom is 0.244 e. The van der Waals surface area contributed by atoms with Gasteiger partial charge in [-0.3, -0.25) is 9.59 Å². The fraction of sp³-hybridized carbons (Fsp3) is 0.556. The van der Waals surface area contributed by atoms with E-state index in [4.69, 9.17) is 5.73 Å². The number of hydrogen-bond acceptors (Lipinski definition) is 3. The van der Waals surface area contributed by atoms with Crippen LogP contribution in [0.15, 0.2) is 30.3 Å². The number of nitrogens with two attached hydrogens (primary N) is 1. The number of amides is 2. The van der Waals surface area contributed by atoms with Crippen LogP contribution in [0.25, 0.3) is 0 Å². The molecule has 0 radical (unpaired) electrons. The van der Waals surface area contributed by atoms with Crippen molar-refractivity contribution in [1.29, 1.82) is 0 Å². The van der Waals surface area contributed by atoms with Gasteiger partial charge in [-0.15, -0.1) is 12.4 Å². The lowest BCUT2D eigenvalue weighted by atomic mass is 9.95. The van der Waals surface area contributed by atoms with Gasteiger partial charge in [0.25, 0.3) is 0 Å². The van der Waals surface area contributed by atoms with Gasteiger partial charge in [-0.2, -0.15) is 0 Å². The number of nitrogens with one attached hydrogen (secondary N) is 1. The number of benzene rings is 1. The summed E-state index contributed by atoms with van der Waals surface area (Å²) < 4.78 is 0. The van der Waals surface area contributed by atoms with Crippen molar-refractivity contribution in [2.24, 2.45) is 11.1 Å². The highest BCUT2D eigenvalue weighted by Crippen LogP contribution is 2.13. The standard InChI is InChI=1S/C18H29N3O2.ClH/c1-14(20-17(23)18(2,3)4)16(22)21(13-11-19)12-10-15-8-6-5-7-9-15;/h5-9,14H,10-13,19H2,1-4H3,(H,20,23);1H. The molecule has 0 spiro atoms. The summed E-state index contributed by atoms with van der Waals surface area (Å²) in [5.74, 6) is -0.224. The van der Waals surface area contributed by atoms with Crippen LogP contribution in [0.3, 0.4) is 0 Å². The Hall–Kier alpha value is -1.59. The van der Waals surface area contributed by atoms with Gasteiger partial charge >= 0.3 is 0 Å². The molecule has 136 valence electrons. The Bertz CT molecular complexity index is 515. The molecule has 5 nitrogen and oxygen atoms in total. The highest BCUT2D eigenvalue weighted by atomic mass is 35.5. The summed E-state index contributed by atoms with van der Waals surface area (Å²) in [5.41, 5.74) is 6.28. The van der Waals surface area contributed by atoms with E-state index in [-0.39, 0.29) is 24.2 Å². The van der Waals surface area contributed by atoms with Gasteiger partial charge in [-0.05, 0) is 18.9 Å². The van der Waals surface area contributed by atoms with Crippen LogP contribution in [0.4, 0.5) is 0 Å². The number of carbonyl (C=O) groups excluding carboxylic acids is 2. The Morgan fingerprint density at radius 3 is 2.25 bits per heavy atom. The van der Waals surface area contributed by atoms with E-state index in [2.05, 4.69) is 5.32 Å². The number of rotatable bonds is 7. The lowest BCUT2D eigenvalue weighted by Crippen LogP contribution is -2.51. The van der Waals surface area contributed by atoms with E-state index in [0.717, 1.165) is 6.42 Å². The van der Waals surface area contributed by atoms with Crippen molar-refractivity contribution in [3.8, 4) is 0 Å². The third-order valence-corrected chi connectivity index (χ3v) is 3.62. The summed E-state index contributed by atoms with van der Waals surface area (Å²) >= 11 is 0. The van der Waals surface area contributed by atoms with Crippen molar-refractivity contribution in [3.63, 3.8) is 0 Å². The second-order valence-corrected chi connectivity index (χ2v) is 6.79. The van der Waals surface area contributed by atoms with E-state index in [1.807, 2.05) is 51.1 Å². The first-order chi connectivity index (χ1) is 10.8. The van der Waals surface area contributed by atoms with Crippen LogP contribution in [0, 0.1) is 5.41 Å². The minimum Gasteiger partial charge on any atom is -0.344 e. The molecule has 1 unspecified atom stereocenters. The third kappa shape index (κ3) is 7.32. The first-order valence-corrected chi connectivity index (χ1v) is 8.09. The van der Waals surface area contributed by atoms with Gasteiger partial charge in [0.05, 0.1) is 0 Å². The Balaban J connectivity index is 0.00000529. The number of carbonyl (C=O) groups is 2. The molecule has 0 fully saturated rings. The number of hydrogen-bond donors (Lipinski definition) is 2. The van der Waals surface area contributed by atoms with Crippen molar-refractivity contribution in [1.82, 2.24) is 10.2 Å². The Labute approximate surface area is 151 Å². The molecule has 0 bridgehead atoms. The SMILES string of the molecule is CC(NC(=O)C(C)(C)C)C(=O)N(CCN)CCc1ccccc1.Cl. The molecule has 1 atom stereocenters. The lowest BCUT2D eigenvalue weighted by molar-refractivity contribution is -0.138. The highest BCUT2D eigenvalue weighted by Gasteiger charge is 2.27. The summed E-state index contributed by atoms with van der Waals surface area (Å²) in [6, 6.07) is 9.46. The molecule has 0 saturated carbocycles. The highest BCUT2D eigenvalue weighted by molar-refractivity contribution is 5.89. The first kappa shape index (κ1) is 22.4. The molecule has 0 aliphatic carbocycles. The Morgan fingerprint density at radius 1 is 1.17 bits per heavy atom.